The number of piperidine rings is 1. The van der Waals surface area contributed by atoms with Crippen molar-refractivity contribution >= 4 is 0 Å². The van der Waals surface area contributed by atoms with Gasteiger partial charge in [-0.25, -0.2) is 4.98 Å². The van der Waals surface area contributed by atoms with Crippen molar-refractivity contribution < 1.29 is 0 Å². The van der Waals surface area contributed by atoms with Gasteiger partial charge in [0.05, 0.1) is 5.69 Å². The molecule has 1 N–H and O–H groups in total. The van der Waals surface area contributed by atoms with Crippen molar-refractivity contribution in [1.82, 2.24) is 14.9 Å². The largest absolute Gasteiger partial charge is 0.345 e. The van der Waals surface area contributed by atoms with Crippen LogP contribution < -0.4 is 0 Å². The number of hydrogen-bond donors (Lipinski definition) is 1. The van der Waals surface area contributed by atoms with E-state index in [9.17, 15) is 0 Å². The van der Waals surface area contributed by atoms with Crippen LogP contribution in [0.15, 0.2) is 30.3 Å². The van der Waals surface area contributed by atoms with Crippen molar-refractivity contribution in [1.29, 1.82) is 0 Å². The highest BCUT2D eigenvalue weighted by atomic mass is 15.1. The summed E-state index contributed by atoms with van der Waals surface area (Å²) in [4.78, 5) is 11.1. The molecular weight excluding hydrogens is 270 g/mol. The first-order chi connectivity index (χ1) is 10.8. The molecule has 1 fully saturated rings. The summed E-state index contributed by atoms with van der Waals surface area (Å²) in [5.74, 6) is 1.76. The van der Waals surface area contributed by atoms with E-state index in [0.717, 1.165) is 18.7 Å². The van der Waals surface area contributed by atoms with Crippen molar-refractivity contribution in [2.24, 2.45) is 0 Å². The Morgan fingerprint density at radius 2 is 1.86 bits per heavy atom. The third kappa shape index (κ3) is 3.41. The Labute approximate surface area is 133 Å². The molecule has 0 bridgehead atoms. The zero-order chi connectivity index (χ0) is 15.4. The van der Waals surface area contributed by atoms with Gasteiger partial charge in [0, 0.05) is 18.0 Å². The lowest BCUT2D eigenvalue weighted by Crippen LogP contribution is -2.32. The first-order valence-corrected chi connectivity index (χ1v) is 8.64. The predicted octanol–water partition coefficient (Wildman–Crippen LogP) is 3.76. The molecule has 3 rings (SSSR count). The van der Waals surface area contributed by atoms with Gasteiger partial charge in [0.2, 0.25) is 0 Å². The van der Waals surface area contributed by atoms with Crippen LogP contribution >= 0.6 is 0 Å². The fourth-order valence-electron chi connectivity index (χ4n) is 3.48. The first-order valence-electron chi connectivity index (χ1n) is 8.64. The molecule has 0 radical (unpaired) electrons. The molecule has 1 saturated heterocycles. The molecule has 0 unspecified atom stereocenters. The fraction of sp³-hybridized carbons (Fsp3) is 0.526. The van der Waals surface area contributed by atoms with Gasteiger partial charge in [-0.15, -0.1) is 0 Å². The number of rotatable bonds is 5. The van der Waals surface area contributed by atoms with Gasteiger partial charge in [-0.1, -0.05) is 44.2 Å². The third-order valence-electron chi connectivity index (χ3n) is 4.85. The Balaban J connectivity index is 1.74. The van der Waals surface area contributed by atoms with Crippen molar-refractivity contribution in [2.75, 3.05) is 19.6 Å². The molecule has 2 aromatic rings. The number of aryl methyl sites for hydroxylation is 1. The Morgan fingerprint density at radius 1 is 1.14 bits per heavy atom. The molecule has 1 aromatic heterocycles. The number of aromatic amines is 1. The predicted molar refractivity (Wildman–Crippen MR) is 91.3 cm³/mol. The molecule has 0 aliphatic carbocycles. The topological polar surface area (TPSA) is 31.9 Å². The van der Waals surface area contributed by atoms with Gasteiger partial charge in [0.25, 0.3) is 0 Å². The van der Waals surface area contributed by atoms with Gasteiger partial charge >= 0.3 is 0 Å². The molecule has 3 heteroatoms. The number of likely N-dealkylation sites (tertiary alicyclic amines) is 1. The van der Waals surface area contributed by atoms with Crippen molar-refractivity contribution in [3.63, 3.8) is 0 Å². The average molecular weight is 297 g/mol. The molecule has 1 aliphatic heterocycles. The Kier molecular flexibility index (Phi) is 4.94. The van der Waals surface area contributed by atoms with Gasteiger partial charge in [-0.3, -0.25) is 0 Å². The van der Waals surface area contributed by atoms with Crippen LogP contribution in [0.25, 0.3) is 0 Å². The summed E-state index contributed by atoms with van der Waals surface area (Å²) in [6.45, 7) is 8.08. The van der Waals surface area contributed by atoms with E-state index in [2.05, 4.69) is 54.1 Å². The summed E-state index contributed by atoms with van der Waals surface area (Å²) in [5, 5.41) is 0. The molecule has 1 aromatic carbocycles. The molecule has 0 amide bonds. The van der Waals surface area contributed by atoms with Gasteiger partial charge < -0.3 is 9.88 Å². The van der Waals surface area contributed by atoms with Crippen molar-refractivity contribution in [2.45, 2.75) is 45.4 Å². The lowest BCUT2D eigenvalue weighted by Gasteiger charge is -2.30. The van der Waals surface area contributed by atoms with Crippen LogP contribution in [0, 0.1) is 0 Å². The van der Waals surface area contributed by atoms with E-state index in [1.165, 1.54) is 49.4 Å². The Bertz CT molecular complexity index is 580. The zero-order valence-corrected chi connectivity index (χ0v) is 13.8. The lowest BCUT2D eigenvalue weighted by atomic mass is 9.92. The minimum atomic E-state index is 0.638. The normalized spacial score (nSPS) is 17.0. The van der Waals surface area contributed by atoms with Crippen LogP contribution in [0.2, 0.25) is 0 Å². The Morgan fingerprint density at radius 3 is 2.50 bits per heavy atom. The molecule has 0 saturated carbocycles. The number of H-pyrrole nitrogens is 1. The van der Waals surface area contributed by atoms with Crippen LogP contribution in [0.1, 0.15) is 55.4 Å². The second-order valence-electron chi connectivity index (χ2n) is 6.27. The summed E-state index contributed by atoms with van der Waals surface area (Å²) in [7, 11) is 0. The summed E-state index contributed by atoms with van der Waals surface area (Å²) >= 11 is 0. The van der Waals surface area contributed by atoms with Crippen molar-refractivity contribution in [3.05, 3.63) is 53.1 Å². The van der Waals surface area contributed by atoms with Crippen LogP contribution in [-0.2, 0) is 12.8 Å². The summed E-state index contributed by atoms with van der Waals surface area (Å²) in [5.41, 5.74) is 4.01. The molecule has 118 valence electrons. The highest BCUT2D eigenvalue weighted by Crippen LogP contribution is 2.29. The van der Waals surface area contributed by atoms with Gasteiger partial charge in [-0.2, -0.15) is 0 Å². The molecule has 3 nitrogen and oxygen atoms in total. The van der Waals surface area contributed by atoms with Crippen LogP contribution in [0.5, 0.6) is 0 Å². The van der Waals surface area contributed by atoms with Crippen LogP contribution in [-0.4, -0.2) is 34.5 Å². The van der Waals surface area contributed by atoms with Crippen molar-refractivity contribution in [3.8, 4) is 0 Å². The monoisotopic (exact) mass is 297 g/mol. The third-order valence-corrected chi connectivity index (χ3v) is 4.85. The molecule has 0 atom stereocenters. The van der Waals surface area contributed by atoms with Crippen LogP contribution in [0.3, 0.4) is 0 Å². The molecule has 0 spiro atoms. The lowest BCUT2D eigenvalue weighted by molar-refractivity contribution is 0.220. The van der Waals surface area contributed by atoms with E-state index in [4.69, 9.17) is 4.98 Å². The van der Waals surface area contributed by atoms with E-state index < -0.39 is 0 Å². The first kappa shape index (κ1) is 15.3. The van der Waals surface area contributed by atoms with E-state index in [0.29, 0.717) is 5.92 Å². The summed E-state index contributed by atoms with van der Waals surface area (Å²) in [6, 6.07) is 10.6. The molecule has 2 heterocycles. The maximum absolute atomic E-state index is 4.98. The number of hydrogen-bond acceptors (Lipinski definition) is 2. The summed E-state index contributed by atoms with van der Waals surface area (Å²) < 4.78 is 0. The number of nitrogens with zero attached hydrogens (tertiary/aromatic N) is 2. The minimum absolute atomic E-state index is 0.638. The van der Waals surface area contributed by atoms with Gasteiger partial charge in [0.15, 0.2) is 0 Å². The van der Waals surface area contributed by atoms with Gasteiger partial charge in [-0.05, 0) is 44.5 Å². The second kappa shape index (κ2) is 7.10. The van der Waals surface area contributed by atoms with E-state index in [-0.39, 0.29) is 0 Å². The molecule has 1 aliphatic rings. The zero-order valence-electron chi connectivity index (χ0n) is 13.8. The summed E-state index contributed by atoms with van der Waals surface area (Å²) in [6.07, 6.45) is 4.44. The van der Waals surface area contributed by atoms with E-state index >= 15 is 0 Å². The number of benzene rings is 1. The fourth-order valence-corrected chi connectivity index (χ4v) is 3.48. The Hall–Kier alpha value is -1.61. The molecular formula is C19H27N3. The number of nitrogens with one attached hydrogen (secondary N) is 1. The second-order valence-corrected chi connectivity index (χ2v) is 6.27. The highest BCUT2D eigenvalue weighted by molar-refractivity contribution is 5.24. The van der Waals surface area contributed by atoms with Crippen LogP contribution in [0.4, 0.5) is 0 Å². The van der Waals surface area contributed by atoms with E-state index in [1.54, 1.807) is 0 Å². The van der Waals surface area contributed by atoms with Gasteiger partial charge in [0.1, 0.15) is 5.82 Å². The maximum Gasteiger partial charge on any atom is 0.111 e. The number of aromatic nitrogens is 2. The highest BCUT2D eigenvalue weighted by Gasteiger charge is 2.24. The standard InChI is InChI=1S/C19H27N3/c1-3-17-19(16-10-12-22(4-2)13-11-16)21-18(20-17)14-15-8-6-5-7-9-15/h5-9,16H,3-4,10-14H2,1-2H3,(H,20,21). The quantitative estimate of drug-likeness (QED) is 0.911. The smallest absolute Gasteiger partial charge is 0.111 e. The minimum Gasteiger partial charge on any atom is -0.345 e. The van der Waals surface area contributed by atoms with E-state index in [1.807, 2.05) is 0 Å². The molecule has 22 heavy (non-hydrogen) atoms. The average Bonchev–Trinajstić information content (AvgIpc) is 2.99. The number of imidazole rings is 1. The maximum atomic E-state index is 4.98. The SMILES string of the molecule is CCc1[nH]c(Cc2ccccc2)nc1C1CCN(CC)CC1.